The van der Waals surface area contributed by atoms with E-state index in [1.807, 2.05) is 0 Å². The van der Waals surface area contributed by atoms with Gasteiger partial charge in [0, 0.05) is 0 Å². The molecule has 0 N–H and O–H groups in total. The molecule has 0 unspecified atom stereocenters. The molecule has 0 spiro atoms. The fourth-order valence-electron chi connectivity index (χ4n) is 1.55. The second-order valence-corrected chi connectivity index (χ2v) is 4.73. The molecule has 102 valence electrons. The van der Waals surface area contributed by atoms with Gasteiger partial charge >= 0.3 is 6.18 Å². The first-order chi connectivity index (χ1) is 7.15. The largest absolute Gasteiger partial charge is 1.00 e. The molecule has 1 rings (SSSR count). The second-order valence-electron chi connectivity index (χ2n) is 4.73. The number of Topliss-reactive ketones (excluding diaryl/α,β-unsaturated/α-hetero) is 1. The zero-order valence-electron chi connectivity index (χ0n) is 10.1. The van der Waals surface area contributed by atoms with E-state index in [9.17, 15) is 18.0 Å². The molecule has 0 bridgehead atoms. The Hall–Kier alpha value is 0.110. The van der Waals surface area contributed by atoms with Crippen LogP contribution in [-0.4, -0.2) is 44.4 Å². The highest BCUT2D eigenvalue weighted by Crippen LogP contribution is 2.58. The molecule has 1 aliphatic carbocycles. The van der Waals surface area contributed by atoms with Gasteiger partial charge in [0.2, 0.25) is 0 Å². The highest BCUT2D eigenvalue weighted by Gasteiger charge is 2.67. The van der Waals surface area contributed by atoms with Crippen molar-refractivity contribution in [2.24, 2.45) is 5.41 Å². The zero-order valence-corrected chi connectivity index (χ0v) is 12.3. The lowest BCUT2D eigenvalue weighted by Gasteiger charge is -2.25. The van der Waals surface area contributed by atoms with Crippen molar-refractivity contribution < 1.29 is 51.4 Å². The number of hydrogen-bond donors (Lipinski definition) is 0. The fraction of sp³-hybridized carbons (Fsp3) is 0.900. The minimum atomic E-state index is -4.39. The maximum atomic E-state index is 12.6. The van der Waals surface area contributed by atoms with Gasteiger partial charge in [-0.1, -0.05) is 0 Å². The van der Waals surface area contributed by atoms with Crippen LogP contribution in [0.1, 0.15) is 19.3 Å². The molecule has 0 amide bonds. The molecule has 0 radical (unpaired) electrons. The molecule has 0 aromatic carbocycles. The molecular weight excluding hydrogens is 350 g/mol. The summed E-state index contributed by atoms with van der Waals surface area (Å²) < 4.78 is 37.9. The number of alkyl halides is 3. The topological polar surface area (TPSA) is 26.3 Å². The van der Waals surface area contributed by atoms with Crippen molar-refractivity contribution in [2.45, 2.75) is 25.4 Å². The molecule has 0 aliphatic heterocycles. The molecule has 3 nitrogen and oxygen atoms in total. The van der Waals surface area contributed by atoms with E-state index in [1.54, 1.807) is 14.1 Å². The summed E-state index contributed by atoms with van der Waals surface area (Å²) in [5, 5.41) is 0. The molecule has 1 saturated carbocycles. The fourth-order valence-corrected chi connectivity index (χ4v) is 1.55. The smallest absolute Gasteiger partial charge is 0.401 e. The molecule has 0 aromatic heterocycles. The van der Waals surface area contributed by atoms with E-state index in [2.05, 4.69) is 0 Å². The lowest BCUT2D eigenvalue weighted by molar-refractivity contribution is -1.07. The first kappa shape index (κ1) is 17.1. The molecule has 0 aromatic rings. The average molecular weight is 367 g/mol. The van der Waals surface area contributed by atoms with E-state index >= 15 is 0 Å². The molecule has 17 heavy (non-hydrogen) atoms. The number of rotatable bonds is 5. The number of nitrogens with zero attached hydrogens (tertiary/aromatic N) is 1. The third-order valence-corrected chi connectivity index (χ3v) is 3.20. The van der Waals surface area contributed by atoms with Crippen LogP contribution in [-0.2, 0) is 9.63 Å². The molecule has 1 fully saturated rings. The molecule has 0 heterocycles. The van der Waals surface area contributed by atoms with Gasteiger partial charge in [-0.15, -0.1) is 0 Å². The van der Waals surface area contributed by atoms with Crippen molar-refractivity contribution in [3.63, 3.8) is 0 Å². The van der Waals surface area contributed by atoms with Gasteiger partial charge in [0.1, 0.15) is 12.0 Å². The van der Waals surface area contributed by atoms with Crippen LogP contribution < -0.4 is 24.0 Å². The zero-order chi connectivity index (χ0) is 12.6. The number of ketones is 1. The van der Waals surface area contributed by atoms with Crippen molar-refractivity contribution >= 4 is 5.78 Å². The standard InChI is InChI=1S/C10H17F3NO2.HI/c1-14(2,16-3)7-4-8(15)9(5-6-9)10(11,12)13;/h4-7H2,1-3H3;1H/q+1;/p-1. The van der Waals surface area contributed by atoms with Gasteiger partial charge in [-0.05, 0) is 12.8 Å². The van der Waals surface area contributed by atoms with Gasteiger partial charge in [-0.2, -0.15) is 17.8 Å². The van der Waals surface area contributed by atoms with E-state index < -0.39 is 17.4 Å². The van der Waals surface area contributed by atoms with Crippen LogP contribution >= 0.6 is 0 Å². The molecule has 7 heteroatoms. The van der Waals surface area contributed by atoms with Crippen molar-refractivity contribution in [1.29, 1.82) is 0 Å². The van der Waals surface area contributed by atoms with Crippen LogP contribution in [0.25, 0.3) is 0 Å². The SMILES string of the molecule is CO[N+](C)(C)CCC(=O)C1(C(F)(F)F)CC1.[I-]. The van der Waals surface area contributed by atoms with E-state index in [-0.39, 0.29) is 54.4 Å². The van der Waals surface area contributed by atoms with Gasteiger partial charge in [0.15, 0.2) is 5.78 Å². The minimum Gasteiger partial charge on any atom is -1.00 e. The van der Waals surface area contributed by atoms with Crippen molar-refractivity contribution in [2.75, 3.05) is 27.7 Å². The Labute approximate surface area is 116 Å². The number of hydrogen-bond acceptors (Lipinski definition) is 2. The molecular formula is C10H17F3INO2. The van der Waals surface area contributed by atoms with Crippen LogP contribution in [0.2, 0.25) is 0 Å². The van der Waals surface area contributed by atoms with E-state index in [0.29, 0.717) is 0 Å². The maximum Gasteiger partial charge on any atom is 0.401 e. The van der Waals surface area contributed by atoms with Crippen LogP contribution in [0, 0.1) is 5.41 Å². The predicted octanol–water partition coefficient (Wildman–Crippen LogP) is -1.07. The minimum absolute atomic E-state index is 0. The number of carbonyl (C=O) groups excluding carboxylic acids is 1. The van der Waals surface area contributed by atoms with Crippen LogP contribution in [0.5, 0.6) is 0 Å². The van der Waals surface area contributed by atoms with E-state index in [0.717, 1.165) is 0 Å². The van der Waals surface area contributed by atoms with Gasteiger partial charge in [-0.3, -0.25) is 4.79 Å². The molecule has 0 saturated heterocycles. The first-order valence-electron chi connectivity index (χ1n) is 5.13. The number of quaternary nitrogens is 1. The normalized spacial score (nSPS) is 18.5. The van der Waals surface area contributed by atoms with Crippen LogP contribution in [0.15, 0.2) is 0 Å². The Kier molecular flexibility index (Phi) is 5.43. The first-order valence-corrected chi connectivity index (χ1v) is 5.13. The Balaban J connectivity index is 0.00000256. The van der Waals surface area contributed by atoms with Gasteiger partial charge < -0.3 is 24.0 Å². The third kappa shape index (κ3) is 3.78. The maximum absolute atomic E-state index is 12.6. The molecule has 0 atom stereocenters. The Morgan fingerprint density at radius 1 is 1.35 bits per heavy atom. The summed E-state index contributed by atoms with van der Waals surface area (Å²) in [5.41, 5.74) is -2.04. The van der Waals surface area contributed by atoms with Gasteiger partial charge in [0.25, 0.3) is 0 Å². The van der Waals surface area contributed by atoms with Gasteiger partial charge in [0.05, 0.1) is 27.6 Å². The van der Waals surface area contributed by atoms with Gasteiger partial charge in [-0.25, -0.2) is 4.84 Å². The number of halogens is 4. The summed E-state index contributed by atoms with van der Waals surface area (Å²) in [7, 11) is 4.85. The summed E-state index contributed by atoms with van der Waals surface area (Å²) in [6.07, 6.45) is -4.61. The summed E-state index contributed by atoms with van der Waals surface area (Å²) in [6.45, 7) is 0.257. The second kappa shape index (κ2) is 5.40. The Morgan fingerprint density at radius 2 is 1.82 bits per heavy atom. The summed E-state index contributed by atoms with van der Waals surface area (Å²) in [5.74, 6) is -0.705. The van der Waals surface area contributed by atoms with Crippen LogP contribution in [0.4, 0.5) is 13.2 Å². The average Bonchev–Trinajstić information content (AvgIpc) is 2.94. The lowest BCUT2D eigenvalue weighted by atomic mass is 9.97. The number of carbonyl (C=O) groups is 1. The third-order valence-electron chi connectivity index (χ3n) is 3.20. The van der Waals surface area contributed by atoms with E-state index in [1.165, 1.54) is 7.11 Å². The summed E-state index contributed by atoms with van der Waals surface area (Å²) in [4.78, 5) is 16.6. The van der Waals surface area contributed by atoms with Crippen molar-refractivity contribution in [1.82, 2.24) is 0 Å². The summed E-state index contributed by atoms with van der Waals surface area (Å²) in [6, 6.07) is 0. The molecule has 1 aliphatic rings. The quantitative estimate of drug-likeness (QED) is 0.352. The highest BCUT2D eigenvalue weighted by atomic mass is 127. The van der Waals surface area contributed by atoms with Crippen LogP contribution in [0.3, 0.4) is 0 Å². The van der Waals surface area contributed by atoms with Crippen molar-refractivity contribution in [3.8, 4) is 0 Å². The van der Waals surface area contributed by atoms with Crippen molar-refractivity contribution in [3.05, 3.63) is 0 Å². The predicted molar refractivity (Wildman–Crippen MR) is 51.3 cm³/mol. The monoisotopic (exact) mass is 367 g/mol. The highest BCUT2D eigenvalue weighted by molar-refractivity contribution is 5.88. The lowest BCUT2D eigenvalue weighted by Crippen LogP contribution is -3.00. The summed E-state index contributed by atoms with van der Waals surface area (Å²) >= 11 is 0. The van der Waals surface area contributed by atoms with E-state index in [4.69, 9.17) is 4.84 Å². The Bertz CT molecular complexity index is 288. The number of hydroxylamine groups is 3. The Morgan fingerprint density at radius 3 is 2.12 bits per heavy atom.